The minimum atomic E-state index is -0.960. The fraction of sp³-hybridized carbons (Fsp3) is 0.200. The van der Waals surface area contributed by atoms with Crippen LogP contribution in [0.25, 0.3) is 22.2 Å². The number of allylic oxidation sites excluding steroid dienone is 2. The number of para-hydroxylation sites is 2. The molecule has 3 aromatic carbocycles. The molecule has 1 aliphatic carbocycles. The molecule has 46 heavy (non-hydrogen) atoms. The van der Waals surface area contributed by atoms with Gasteiger partial charge in [0.1, 0.15) is 24.0 Å². The van der Waals surface area contributed by atoms with Crippen molar-refractivity contribution in [1.82, 2.24) is 19.4 Å². The highest BCUT2D eigenvalue weighted by Gasteiger charge is 2.25. The lowest BCUT2D eigenvalue weighted by molar-refractivity contribution is -0.122. The van der Waals surface area contributed by atoms with E-state index in [0.717, 1.165) is 42.6 Å². The van der Waals surface area contributed by atoms with Crippen molar-refractivity contribution in [3.63, 3.8) is 0 Å². The summed E-state index contributed by atoms with van der Waals surface area (Å²) in [6, 6.07) is 16.5. The number of fused-ring (bicyclic) bond motifs is 1. The van der Waals surface area contributed by atoms with E-state index in [1.165, 1.54) is 22.9 Å². The maximum Gasteiger partial charge on any atom is 0.329 e. The number of benzene rings is 3. The van der Waals surface area contributed by atoms with Crippen LogP contribution in [-0.4, -0.2) is 25.9 Å². The molecule has 1 unspecified atom stereocenters. The normalized spacial score (nSPS) is 15.2. The van der Waals surface area contributed by atoms with Crippen LogP contribution in [0.2, 0.25) is 0 Å². The zero-order valence-electron chi connectivity index (χ0n) is 24.6. The van der Waals surface area contributed by atoms with Gasteiger partial charge in [-0.1, -0.05) is 36.4 Å². The first-order valence-corrected chi connectivity index (χ1v) is 14.8. The van der Waals surface area contributed by atoms with Crippen molar-refractivity contribution in [3.8, 4) is 11.1 Å². The van der Waals surface area contributed by atoms with Crippen molar-refractivity contribution in [2.24, 2.45) is 5.73 Å². The maximum atomic E-state index is 14.3. The molecule has 5 aromatic rings. The fourth-order valence-corrected chi connectivity index (χ4v) is 6.14. The van der Waals surface area contributed by atoms with Crippen LogP contribution in [0.5, 0.6) is 0 Å². The van der Waals surface area contributed by atoms with Crippen LogP contribution in [0, 0.1) is 17.5 Å². The number of pyridine rings is 1. The molecule has 3 N–H and O–H groups in total. The van der Waals surface area contributed by atoms with Crippen LogP contribution in [0.4, 0.5) is 13.2 Å². The highest BCUT2D eigenvalue weighted by atomic mass is 19.1. The van der Waals surface area contributed by atoms with Crippen LogP contribution in [0.1, 0.15) is 53.0 Å². The molecular formula is C35H30F3N5O3. The number of rotatable bonds is 9. The second kappa shape index (κ2) is 12.9. The second-order valence-corrected chi connectivity index (χ2v) is 11.3. The van der Waals surface area contributed by atoms with Crippen LogP contribution >= 0.6 is 0 Å². The molecule has 0 radical (unpaired) electrons. The average molecular weight is 626 g/mol. The Morgan fingerprint density at radius 1 is 0.957 bits per heavy atom. The smallest absolute Gasteiger partial charge is 0.329 e. The summed E-state index contributed by atoms with van der Waals surface area (Å²) < 4.78 is 45.9. The Morgan fingerprint density at radius 2 is 1.72 bits per heavy atom. The summed E-state index contributed by atoms with van der Waals surface area (Å²) in [5.41, 5.74) is 7.43. The molecule has 1 aliphatic rings. The highest BCUT2D eigenvalue weighted by Crippen LogP contribution is 2.31. The molecule has 0 bridgehead atoms. The summed E-state index contributed by atoms with van der Waals surface area (Å²) in [5, 5.41) is 2.92. The van der Waals surface area contributed by atoms with Crippen LogP contribution in [-0.2, 0) is 17.8 Å². The monoisotopic (exact) mass is 625 g/mol. The summed E-state index contributed by atoms with van der Waals surface area (Å²) in [6.07, 6.45) is 7.91. The van der Waals surface area contributed by atoms with E-state index in [1.54, 1.807) is 28.8 Å². The number of hydrogen-bond acceptors (Lipinski definition) is 4. The minimum Gasteiger partial charge on any atom is -0.366 e. The summed E-state index contributed by atoms with van der Waals surface area (Å²) in [4.78, 5) is 43.9. The molecule has 2 amide bonds. The third kappa shape index (κ3) is 6.21. The Kier molecular flexibility index (Phi) is 8.56. The van der Waals surface area contributed by atoms with E-state index in [2.05, 4.69) is 22.5 Å². The van der Waals surface area contributed by atoms with Crippen molar-refractivity contribution in [1.29, 1.82) is 0 Å². The van der Waals surface area contributed by atoms with E-state index in [-0.39, 0.29) is 35.8 Å². The van der Waals surface area contributed by atoms with Gasteiger partial charge in [0.15, 0.2) is 0 Å². The molecule has 0 fully saturated rings. The number of nitrogens with one attached hydrogen (secondary N) is 1. The van der Waals surface area contributed by atoms with Gasteiger partial charge >= 0.3 is 5.69 Å². The van der Waals surface area contributed by atoms with Gasteiger partial charge in [0.2, 0.25) is 5.91 Å². The Labute approximate surface area is 262 Å². The first-order valence-electron chi connectivity index (χ1n) is 14.8. The Hall–Kier alpha value is -5.45. The molecule has 2 atom stereocenters. The summed E-state index contributed by atoms with van der Waals surface area (Å²) in [7, 11) is 0. The molecular weight excluding hydrogens is 595 g/mol. The zero-order valence-corrected chi connectivity index (χ0v) is 24.6. The van der Waals surface area contributed by atoms with Gasteiger partial charge in [-0.05, 0) is 79.3 Å². The predicted molar refractivity (Wildman–Crippen MR) is 167 cm³/mol. The number of aromatic nitrogens is 3. The van der Waals surface area contributed by atoms with Crippen molar-refractivity contribution in [2.75, 3.05) is 0 Å². The predicted octanol–water partition coefficient (Wildman–Crippen LogP) is 5.76. The lowest BCUT2D eigenvalue weighted by Crippen LogP contribution is -2.37. The highest BCUT2D eigenvalue weighted by molar-refractivity contribution is 5.94. The van der Waals surface area contributed by atoms with E-state index >= 15 is 0 Å². The number of halogens is 3. The molecule has 0 spiro atoms. The van der Waals surface area contributed by atoms with Crippen molar-refractivity contribution in [3.05, 3.63) is 136 Å². The van der Waals surface area contributed by atoms with Crippen LogP contribution < -0.4 is 16.7 Å². The number of amides is 2. The quantitative estimate of drug-likeness (QED) is 0.203. The first kappa shape index (κ1) is 30.6. The molecule has 0 saturated heterocycles. The SMILES string of the molecule is NC(=O)c1cc(-c2cccnc2C(Cc2cc(F)cc(F)c2)NC(=O)Cn2c(=O)n([C@@H]3CC=CCC3)c3ccccc32)ccc1F. The number of carbonyl (C=O) groups is 2. The molecule has 11 heteroatoms. The zero-order chi connectivity index (χ0) is 32.4. The number of nitrogens with zero attached hydrogens (tertiary/aromatic N) is 3. The van der Waals surface area contributed by atoms with E-state index in [4.69, 9.17) is 5.73 Å². The van der Waals surface area contributed by atoms with E-state index in [9.17, 15) is 27.6 Å². The van der Waals surface area contributed by atoms with Crippen molar-refractivity contribution >= 4 is 22.8 Å². The number of nitrogens with two attached hydrogens (primary N) is 1. The number of carbonyl (C=O) groups excluding carboxylic acids is 2. The Morgan fingerprint density at radius 3 is 2.43 bits per heavy atom. The first-order chi connectivity index (χ1) is 22.2. The van der Waals surface area contributed by atoms with E-state index < -0.39 is 35.3 Å². The molecule has 2 heterocycles. The van der Waals surface area contributed by atoms with Gasteiger partial charge in [0, 0.05) is 23.9 Å². The largest absolute Gasteiger partial charge is 0.366 e. The summed E-state index contributed by atoms with van der Waals surface area (Å²) in [6.45, 7) is -0.326. The molecule has 0 aliphatic heterocycles. The van der Waals surface area contributed by atoms with Gasteiger partial charge in [-0.3, -0.25) is 23.7 Å². The van der Waals surface area contributed by atoms with Gasteiger partial charge in [0.25, 0.3) is 5.91 Å². The Bertz CT molecular complexity index is 2030. The third-order valence-electron chi connectivity index (χ3n) is 8.19. The molecule has 8 nitrogen and oxygen atoms in total. The van der Waals surface area contributed by atoms with Gasteiger partial charge in [-0.2, -0.15) is 0 Å². The van der Waals surface area contributed by atoms with Gasteiger partial charge in [-0.25, -0.2) is 18.0 Å². The standard InChI is InChI=1S/C35H30F3N5O3/c36-23-15-21(16-24(37)19-23)17-29(33-26(9-6-14-40-33)22-12-13-28(38)27(18-22)34(39)45)41-32(44)20-42-30-10-4-5-11-31(30)43(35(42)46)25-7-2-1-3-8-25/h1-2,4-6,9-16,18-19,25,29H,3,7-8,17,20H2,(H2,39,45)(H,41,44)/t25-,29?/m1/s1. The lowest BCUT2D eigenvalue weighted by atomic mass is 9.94. The topological polar surface area (TPSA) is 112 Å². The summed E-state index contributed by atoms with van der Waals surface area (Å²) >= 11 is 0. The second-order valence-electron chi connectivity index (χ2n) is 11.3. The number of imidazole rings is 1. The Balaban J connectivity index is 1.39. The van der Waals surface area contributed by atoms with Crippen molar-refractivity contribution < 1.29 is 22.8 Å². The maximum absolute atomic E-state index is 14.3. The van der Waals surface area contributed by atoms with Gasteiger partial charge < -0.3 is 11.1 Å². The lowest BCUT2D eigenvalue weighted by Gasteiger charge is -2.22. The number of primary amides is 1. The minimum absolute atomic E-state index is 0.0422. The molecule has 0 saturated carbocycles. The van der Waals surface area contributed by atoms with Gasteiger partial charge in [-0.15, -0.1) is 0 Å². The molecule has 6 rings (SSSR count). The van der Waals surface area contributed by atoms with Crippen LogP contribution in [0.15, 0.2) is 95.9 Å². The average Bonchev–Trinajstić information content (AvgIpc) is 3.31. The molecule has 2 aromatic heterocycles. The van der Waals surface area contributed by atoms with Crippen molar-refractivity contribution in [2.45, 2.75) is 44.3 Å². The molecule has 234 valence electrons. The van der Waals surface area contributed by atoms with Crippen LogP contribution in [0.3, 0.4) is 0 Å². The number of hydrogen-bond donors (Lipinski definition) is 2. The van der Waals surface area contributed by atoms with E-state index in [1.807, 2.05) is 12.1 Å². The fourth-order valence-electron chi connectivity index (χ4n) is 6.14. The van der Waals surface area contributed by atoms with E-state index in [0.29, 0.717) is 28.8 Å². The third-order valence-corrected chi connectivity index (χ3v) is 8.19. The summed E-state index contributed by atoms with van der Waals surface area (Å²) in [5.74, 6) is -3.87. The van der Waals surface area contributed by atoms with Gasteiger partial charge in [0.05, 0.1) is 28.3 Å².